The van der Waals surface area contributed by atoms with E-state index in [2.05, 4.69) is 27.5 Å². The Labute approximate surface area is 113 Å². The topological polar surface area (TPSA) is 51.8 Å². The molecule has 0 saturated heterocycles. The van der Waals surface area contributed by atoms with E-state index < -0.39 is 0 Å². The number of hydrogen-bond acceptors (Lipinski definition) is 5. The van der Waals surface area contributed by atoms with Crippen molar-refractivity contribution in [1.29, 1.82) is 0 Å². The highest BCUT2D eigenvalue weighted by molar-refractivity contribution is 7.14. The molecule has 3 nitrogen and oxygen atoms in total. The van der Waals surface area contributed by atoms with Gasteiger partial charge in [-0.05, 0) is 30.5 Å². The number of aromatic nitrogens is 2. The molecule has 5 heteroatoms. The van der Waals surface area contributed by atoms with Gasteiger partial charge in [0.15, 0.2) is 5.13 Å². The predicted octanol–water partition coefficient (Wildman–Crippen LogP) is 3.82. The summed E-state index contributed by atoms with van der Waals surface area (Å²) in [4.78, 5) is 10.1. The lowest BCUT2D eigenvalue weighted by molar-refractivity contribution is 1.20. The normalized spacial score (nSPS) is 10.7. The van der Waals surface area contributed by atoms with E-state index >= 15 is 0 Å². The average Bonchev–Trinajstić information content (AvgIpc) is 2.99. The van der Waals surface area contributed by atoms with Gasteiger partial charge in [-0.2, -0.15) is 0 Å². The first-order valence-electron chi connectivity index (χ1n) is 5.47. The summed E-state index contributed by atoms with van der Waals surface area (Å²) in [7, 11) is 0. The first-order chi connectivity index (χ1) is 8.74. The van der Waals surface area contributed by atoms with Gasteiger partial charge < -0.3 is 5.73 Å². The number of hydrogen-bond donors (Lipinski definition) is 1. The molecule has 2 N–H and O–H groups in total. The van der Waals surface area contributed by atoms with Gasteiger partial charge >= 0.3 is 0 Å². The lowest BCUT2D eigenvalue weighted by Gasteiger charge is -2.04. The summed E-state index contributed by atoms with van der Waals surface area (Å²) in [5.74, 6) is 0. The van der Waals surface area contributed by atoms with Crippen molar-refractivity contribution in [3.8, 4) is 21.8 Å². The zero-order valence-electron chi connectivity index (χ0n) is 9.75. The second-order valence-corrected chi connectivity index (χ2v) is 5.72. The lowest BCUT2D eigenvalue weighted by Crippen LogP contribution is -1.91. The standard InChI is InChI=1S/C13H11N3S2/c1-8-9(11-7-18-13(14)16-11)4-5-10(15-8)12-3-2-6-17-12/h2-7H,1H3,(H2,14,16). The molecule has 0 atom stereocenters. The van der Waals surface area contributed by atoms with Crippen LogP contribution in [0.1, 0.15) is 5.69 Å². The van der Waals surface area contributed by atoms with Gasteiger partial charge in [-0.1, -0.05) is 6.07 Å². The summed E-state index contributed by atoms with van der Waals surface area (Å²) >= 11 is 3.15. The summed E-state index contributed by atoms with van der Waals surface area (Å²) in [6.45, 7) is 2.00. The molecule has 3 heterocycles. The maximum Gasteiger partial charge on any atom is 0.180 e. The number of aryl methyl sites for hydroxylation is 1. The molecule has 0 radical (unpaired) electrons. The van der Waals surface area contributed by atoms with Gasteiger partial charge in [0.2, 0.25) is 0 Å². The highest BCUT2D eigenvalue weighted by Gasteiger charge is 2.09. The quantitative estimate of drug-likeness (QED) is 0.772. The summed E-state index contributed by atoms with van der Waals surface area (Å²) in [5.41, 5.74) is 9.60. The molecule has 18 heavy (non-hydrogen) atoms. The smallest absolute Gasteiger partial charge is 0.180 e. The van der Waals surface area contributed by atoms with Crippen molar-refractivity contribution >= 4 is 27.8 Å². The lowest BCUT2D eigenvalue weighted by atomic mass is 10.1. The van der Waals surface area contributed by atoms with Gasteiger partial charge in [-0.25, -0.2) is 4.98 Å². The molecule has 0 fully saturated rings. The van der Waals surface area contributed by atoms with Crippen molar-refractivity contribution in [2.45, 2.75) is 6.92 Å². The van der Waals surface area contributed by atoms with E-state index in [-0.39, 0.29) is 0 Å². The largest absolute Gasteiger partial charge is 0.375 e. The monoisotopic (exact) mass is 273 g/mol. The van der Waals surface area contributed by atoms with Crippen LogP contribution in [0.2, 0.25) is 0 Å². The van der Waals surface area contributed by atoms with Gasteiger partial charge in [-0.3, -0.25) is 4.98 Å². The van der Waals surface area contributed by atoms with Crippen molar-refractivity contribution in [2.24, 2.45) is 0 Å². The Morgan fingerprint density at radius 3 is 2.56 bits per heavy atom. The van der Waals surface area contributed by atoms with E-state index in [1.165, 1.54) is 16.2 Å². The van der Waals surface area contributed by atoms with Gasteiger partial charge in [0, 0.05) is 16.6 Å². The third kappa shape index (κ3) is 2.02. The highest BCUT2D eigenvalue weighted by atomic mass is 32.1. The first-order valence-corrected chi connectivity index (χ1v) is 7.23. The van der Waals surface area contributed by atoms with E-state index in [1.54, 1.807) is 11.3 Å². The summed E-state index contributed by atoms with van der Waals surface area (Å²) in [6, 6.07) is 8.20. The van der Waals surface area contributed by atoms with Crippen molar-refractivity contribution in [2.75, 3.05) is 5.73 Å². The third-order valence-corrected chi connectivity index (χ3v) is 4.22. The van der Waals surface area contributed by atoms with Crippen LogP contribution in [0.3, 0.4) is 0 Å². The van der Waals surface area contributed by atoms with Crippen molar-refractivity contribution in [3.05, 3.63) is 40.7 Å². The molecule has 90 valence electrons. The molecule has 0 aliphatic carbocycles. The minimum atomic E-state index is 0.590. The summed E-state index contributed by atoms with van der Waals surface area (Å²) in [6.07, 6.45) is 0. The molecule has 0 amide bonds. The van der Waals surface area contributed by atoms with E-state index in [9.17, 15) is 0 Å². The fourth-order valence-electron chi connectivity index (χ4n) is 1.80. The zero-order valence-corrected chi connectivity index (χ0v) is 11.4. The fraction of sp³-hybridized carbons (Fsp3) is 0.0769. The Morgan fingerprint density at radius 2 is 1.94 bits per heavy atom. The van der Waals surface area contributed by atoms with Gasteiger partial charge in [0.25, 0.3) is 0 Å². The van der Waals surface area contributed by atoms with Crippen LogP contribution in [-0.2, 0) is 0 Å². The van der Waals surface area contributed by atoms with Crippen LogP contribution in [0.25, 0.3) is 21.8 Å². The van der Waals surface area contributed by atoms with Crippen LogP contribution < -0.4 is 5.73 Å². The number of pyridine rings is 1. The maximum absolute atomic E-state index is 5.66. The molecule has 0 aromatic carbocycles. The molecule has 0 aliphatic heterocycles. The molecule has 0 bridgehead atoms. The minimum absolute atomic E-state index is 0.590. The number of thiazole rings is 1. The van der Waals surface area contributed by atoms with Crippen molar-refractivity contribution in [3.63, 3.8) is 0 Å². The van der Waals surface area contributed by atoms with E-state index in [1.807, 2.05) is 24.4 Å². The van der Waals surface area contributed by atoms with Crippen LogP contribution >= 0.6 is 22.7 Å². The number of nitrogen functional groups attached to an aromatic ring is 1. The predicted molar refractivity (Wildman–Crippen MR) is 77.8 cm³/mol. The Kier molecular flexibility index (Phi) is 2.85. The Bertz CT molecular complexity index is 671. The van der Waals surface area contributed by atoms with Gasteiger partial charge in [-0.15, -0.1) is 22.7 Å². The number of thiophene rings is 1. The molecule has 0 saturated carbocycles. The molecule has 0 unspecified atom stereocenters. The molecular formula is C13H11N3S2. The van der Waals surface area contributed by atoms with Crippen molar-refractivity contribution < 1.29 is 0 Å². The highest BCUT2D eigenvalue weighted by Crippen LogP contribution is 2.29. The zero-order chi connectivity index (χ0) is 12.5. The fourth-order valence-corrected chi connectivity index (χ4v) is 3.06. The van der Waals surface area contributed by atoms with Gasteiger partial charge in [0.05, 0.1) is 16.3 Å². The number of rotatable bonds is 2. The Morgan fingerprint density at radius 1 is 1.06 bits per heavy atom. The summed E-state index contributed by atoms with van der Waals surface area (Å²) < 4.78 is 0. The SMILES string of the molecule is Cc1nc(-c2cccs2)ccc1-c1csc(N)n1. The van der Waals surface area contributed by atoms with Gasteiger partial charge in [0.1, 0.15) is 0 Å². The molecule has 3 rings (SSSR count). The van der Waals surface area contributed by atoms with E-state index in [4.69, 9.17) is 5.73 Å². The second-order valence-electron chi connectivity index (χ2n) is 3.88. The van der Waals surface area contributed by atoms with Crippen LogP contribution in [-0.4, -0.2) is 9.97 Å². The molecule has 3 aromatic heterocycles. The Balaban J connectivity index is 2.04. The second kappa shape index (κ2) is 4.51. The van der Waals surface area contributed by atoms with E-state index in [0.717, 1.165) is 22.6 Å². The number of anilines is 1. The van der Waals surface area contributed by atoms with Crippen molar-refractivity contribution in [1.82, 2.24) is 9.97 Å². The van der Waals surface area contributed by atoms with Crippen LogP contribution in [0.5, 0.6) is 0 Å². The third-order valence-electron chi connectivity index (χ3n) is 2.66. The minimum Gasteiger partial charge on any atom is -0.375 e. The molecule has 0 aliphatic rings. The van der Waals surface area contributed by atoms with Crippen LogP contribution in [0.15, 0.2) is 35.0 Å². The number of nitrogens with zero attached hydrogens (tertiary/aromatic N) is 2. The molecule has 3 aromatic rings. The average molecular weight is 273 g/mol. The molecule has 0 spiro atoms. The van der Waals surface area contributed by atoms with Crippen LogP contribution in [0, 0.1) is 6.92 Å². The number of nitrogens with two attached hydrogens (primary N) is 1. The van der Waals surface area contributed by atoms with E-state index in [0.29, 0.717) is 5.13 Å². The molecular weight excluding hydrogens is 262 g/mol. The maximum atomic E-state index is 5.66. The van der Waals surface area contributed by atoms with Crippen LogP contribution in [0.4, 0.5) is 5.13 Å². The Hall–Kier alpha value is -1.72. The summed E-state index contributed by atoms with van der Waals surface area (Å²) in [5, 5.41) is 4.61. The first kappa shape index (κ1) is 11.4.